The van der Waals surface area contributed by atoms with Gasteiger partial charge in [-0.25, -0.2) is 0 Å². The largest absolute Gasteiger partial charge is 0.388 e. The number of nitrogens with zero attached hydrogens (tertiary/aromatic N) is 1. The highest BCUT2D eigenvalue weighted by molar-refractivity contribution is 5.84. The van der Waals surface area contributed by atoms with Crippen molar-refractivity contribution in [2.24, 2.45) is 5.92 Å². The molecule has 0 aliphatic rings. The van der Waals surface area contributed by atoms with Crippen LogP contribution >= 0.6 is 0 Å². The van der Waals surface area contributed by atoms with Crippen LogP contribution in [0.25, 0.3) is 10.9 Å². The molecule has 0 fully saturated rings. The second kappa shape index (κ2) is 3.99. The minimum absolute atomic E-state index is 0.157. The Balaban J connectivity index is 2.59. The maximum absolute atomic E-state index is 10.0. The van der Waals surface area contributed by atoms with E-state index in [0.29, 0.717) is 5.56 Å². The lowest BCUT2D eigenvalue weighted by Crippen LogP contribution is -2.04. The average molecular weight is 214 g/mol. The number of H-pyrrole nitrogens is 1. The van der Waals surface area contributed by atoms with Gasteiger partial charge in [0.05, 0.1) is 17.7 Å². The number of aromatic amines is 1. The second-order valence-electron chi connectivity index (χ2n) is 4.31. The fourth-order valence-electron chi connectivity index (χ4n) is 1.82. The van der Waals surface area contributed by atoms with Gasteiger partial charge in [0.15, 0.2) is 0 Å². The van der Waals surface area contributed by atoms with Crippen LogP contribution < -0.4 is 0 Å². The van der Waals surface area contributed by atoms with E-state index in [1.165, 1.54) is 0 Å². The summed E-state index contributed by atoms with van der Waals surface area (Å²) >= 11 is 0. The van der Waals surface area contributed by atoms with Gasteiger partial charge in [-0.2, -0.15) is 5.26 Å². The minimum Gasteiger partial charge on any atom is -0.388 e. The fraction of sp³-hybridized carbons (Fsp3) is 0.308. The fourth-order valence-corrected chi connectivity index (χ4v) is 1.82. The Morgan fingerprint density at radius 3 is 2.75 bits per heavy atom. The van der Waals surface area contributed by atoms with E-state index in [2.05, 4.69) is 11.1 Å². The van der Waals surface area contributed by atoms with Crippen LogP contribution in [-0.2, 0) is 0 Å². The SMILES string of the molecule is CC(C)C(O)c1c[nH]c2ccc(C#N)cc12. The number of aliphatic hydroxyl groups is 1. The van der Waals surface area contributed by atoms with Gasteiger partial charge in [0.2, 0.25) is 0 Å². The maximum Gasteiger partial charge on any atom is 0.0991 e. The first kappa shape index (κ1) is 10.7. The summed E-state index contributed by atoms with van der Waals surface area (Å²) in [7, 11) is 0. The molecule has 1 atom stereocenters. The van der Waals surface area contributed by atoms with Crippen LogP contribution in [-0.4, -0.2) is 10.1 Å². The second-order valence-corrected chi connectivity index (χ2v) is 4.31. The lowest BCUT2D eigenvalue weighted by atomic mass is 9.98. The molecule has 0 spiro atoms. The summed E-state index contributed by atoms with van der Waals surface area (Å²) in [5.41, 5.74) is 2.43. The van der Waals surface area contributed by atoms with Crippen LogP contribution in [0.3, 0.4) is 0 Å². The lowest BCUT2D eigenvalue weighted by Gasteiger charge is -2.13. The average Bonchev–Trinajstić information content (AvgIpc) is 2.70. The van der Waals surface area contributed by atoms with Crippen molar-refractivity contribution in [3.63, 3.8) is 0 Å². The molecule has 2 rings (SSSR count). The summed E-state index contributed by atoms with van der Waals surface area (Å²) in [5.74, 6) is 0.157. The molecule has 0 bridgehead atoms. The van der Waals surface area contributed by atoms with Crippen molar-refractivity contribution >= 4 is 10.9 Å². The van der Waals surface area contributed by atoms with Gasteiger partial charge in [-0.1, -0.05) is 13.8 Å². The van der Waals surface area contributed by atoms with E-state index < -0.39 is 6.10 Å². The first-order chi connectivity index (χ1) is 7.63. The number of aromatic nitrogens is 1. The van der Waals surface area contributed by atoms with Gasteiger partial charge in [-0.3, -0.25) is 0 Å². The Kier molecular flexibility index (Phi) is 2.67. The third-order valence-electron chi connectivity index (χ3n) is 2.79. The molecule has 0 radical (unpaired) electrons. The summed E-state index contributed by atoms with van der Waals surface area (Å²) in [6.07, 6.45) is 1.32. The highest BCUT2D eigenvalue weighted by Gasteiger charge is 2.16. The molecule has 0 aliphatic heterocycles. The summed E-state index contributed by atoms with van der Waals surface area (Å²) in [6, 6.07) is 7.55. The van der Waals surface area contributed by atoms with E-state index in [-0.39, 0.29) is 5.92 Å². The number of benzene rings is 1. The molecule has 3 heteroatoms. The molecule has 1 unspecified atom stereocenters. The van der Waals surface area contributed by atoms with Crippen molar-refractivity contribution in [1.29, 1.82) is 5.26 Å². The van der Waals surface area contributed by atoms with Gasteiger partial charge < -0.3 is 10.1 Å². The van der Waals surface area contributed by atoms with Crippen molar-refractivity contribution < 1.29 is 5.11 Å². The molecule has 0 amide bonds. The molecule has 3 nitrogen and oxygen atoms in total. The van der Waals surface area contributed by atoms with Gasteiger partial charge in [-0.15, -0.1) is 0 Å². The summed E-state index contributed by atoms with van der Waals surface area (Å²) < 4.78 is 0. The number of aliphatic hydroxyl groups excluding tert-OH is 1. The molecule has 16 heavy (non-hydrogen) atoms. The number of hydrogen-bond acceptors (Lipinski definition) is 2. The zero-order valence-corrected chi connectivity index (χ0v) is 9.36. The van der Waals surface area contributed by atoms with Gasteiger partial charge in [-0.05, 0) is 24.1 Å². The van der Waals surface area contributed by atoms with E-state index in [1.54, 1.807) is 6.07 Å². The van der Waals surface area contributed by atoms with Crippen LogP contribution in [0, 0.1) is 17.2 Å². The van der Waals surface area contributed by atoms with Crippen molar-refractivity contribution in [1.82, 2.24) is 4.98 Å². The van der Waals surface area contributed by atoms with Crippen LogP contribution in [0.5, 0.6) is 0 Å². The maximum atomic E-state index is 10.0. The number of nitriles is 1. The van der Waals surface area contributed by atoms with Crippen LogP contribution in [0.4, 0.5) is 0 Å². The number of rotatable bonds is 2. The predicted molar refractivity (Wildman–Crippen MR) is 62.8 cm³/mol. The zero-order chi connectivity index (χ0) is 11.7. The molecule has 1 aromatic heterocycles. The van der Waals surface area contributed by atoms with Crippen molar-refractivity contribution in [2.75, 3.05) is 0 Å². The van der Waals surface area contributed by atoms with E-state index in [4.69, 9.17) is 5.26 Å². The van der Waals surface area contributed by atoms with Gasteiger partial charge >= 0.3 is 0 Å². The number of hydrogen-bond donors (Lipinski definition) is 2. The van der Waals surface area contributed by atoms with E-state index in [1.807, 2.05) is 32.2 Å². The van der Waals surface area contributed by atoms with Crippen molar-refractivity contribution in [3.05, 3.63) is 35.5 Å². The molecule has 2 aromatic rings. The zero-order valence-electron chi connectivity index (χ0n) is 9.36. The quantitative estimate of drug-likeness (QED) is 0.807. The highest BCUT2D eigenvalue weighted by atomic mass is 16.3. The van der Waals surface area contributed by atoms with Gasteiger partial charge in [0.25, 0.3) is 0 Å². The monoisotopic (exact) mass is 214 g/mol. The minimum atomic E-state index is -0.498. The Labute approximate surface area is 94.3 Å². The molecular formula is C13H14N2O. The highest BCUT2D eigenvalue weighted by Crippen LogP contribution is 2.29. The molecule has 1 heterocycles. The molecular weight excluding hydrogens is 200 g/mol. The van der Waals surface area contributed by atoms with E-state index in [0.717, 1.165) is 16.5 Å². The Morgan fingerprint density at radius 1 is 1.38 bits per heavy atom. The van der Waals surface area contributed by atoms with Crippen LogP contribution in [0.1, 0.15) is 31.1 Å². The van der Waals surface area contributed by atoms with E-state index >= 15 is 0 Å². The lowest BCUT2D eigenvalue weighted by molar-refractivity contribution is 0.128. The van der Waals surface area contributed by atoms with Crippen LogP contribution in [0.15, 0.2) is 24.4 Å². The van der Waals surface area contributed by atoms with Crippen LogP contribution in [0.2, 0.25) is 0 Å². The van der Waals surface area contributed by atoms with Crippen molar-refractivity contribution in [3.8, 4) is 6.07 Å². The molecule has 0 saturated heterocycles. The Bertz CT molecular complexity index is 549. The normalized spacial score (nSPS) is 12.9. The third kappa shape index (κ3) is 1.68. The molecule has 0 saturated carbocycles. The Hall–Kier alpha value is -1.79. The summed E-state index contributed by atoms with van der Waals surface area (Å²) in [5, 5.41) is 19.8. The summed E-state index contributed by atoms with van der Waals surface area (Å²) in [4.78, 5) is 3.11. The van der Waals surface area contributed by atoms with Gasteiger partial charge in [0, 0.05) is 22.7 Å². The van der Waals surface area contributed by atoms with Gasteiger partial charge in [0.1, 0.15) is 0 Å². The number of nitrogens with one attached hydrogen (secondary N) is 1. The smallest absolute Gasteiger partial charge is 0.0991 e. The van der Waals surface area contributed by atoms with E-state index in [9.17, 15) is 5.11 Å². The Morgan fingerprint density at radius 2 is 2.12 bits per heavy atom. The summed E-state index contributed by atoms with van der Waals surface area (Å²) in [6.45, 7) is 3.94. The molecule has 2 N–H and O–H groups in total. The standard InChI is InChI=1S/C13H14N2O/c1-8(2)13(16)11-7-15-12-4-3-9(6-14)5-10(11)12/h3-5,7-8,13,15-16H,1-2H3. The first-order valence-electron chi connectivity index (χ1n) is 5.32. The third-order valence-corrected chi connectivity index (χ3v) is 2.79. The molecule has 1 aromatic carbocycles. The first-order valence-corrected chi connectivity index (χ1v) is 5.32. The topological polar surface area (TPSA) is 59.8 Å². The molecule has 0 aliphatic carbocycles. The molecule has 82 valence electrons. The van der Waals surface area contributed by atoms with Crippen molar-refractivity contribution in [2.45, 2.75) is 20.0 Å². The number of fused-ring (bicyclic) bond motifs is 1. The predicted octanol–water partition coefficient (Wildman–Crippen LogP) is 2.73.